The molecule has 0 bridgehead atoms. The number of amides is 2. The first-order valence-corrected chi connectivity index (χ1v) is 12.7. The van der Waals surface area contributed by atoms with Gasteiger partial charge in [0.25, 0.3) is 11.8 Å². The molecule has 6 rings (SSSR count). The van der Waals surface area contributed by atoms with Gasteiger partial charge in [0, 0.05) is 80.2 Å². The van der Waals surface area contributed by atoms with E-state index in [1.54, 1.807) is 6.20 Å². The molecule has 0 spiro atoms. The number of thiazole rings is 1. The van der Waals surface area contributed by atoms with Crippen LogP contribution in [0.5, 0.6) is 0 Å². The molecule has 35 heavy (non-hydrogen) atoms. The Morgan fingerprint density at radius 1 is 0.943 bits per heavy atom. The molecule has 178 valence electrons. The standard InChI is InChI=1S/C26H26N6O2S/c1-18-2-5-23(28-15-18)32-8-6-19-14-20(3-4-22(19)32)25(33)31-16-21(17-31)29-9-11-30(12-10-29)26(34)24-27-7-13-35-24/h2-8,13-15,21H,9-12,16-17H2,1H3. The maximum absolute atomic E-state index is 13.1. The molecule has 1 aromatic carbocycles. The van der Waals surface area contributed by atoms with Gasteiger partial charge >= 0.3 is 0 Å². The average molecular weight is 487 g/mol. The van der Waals surface area contributed by atoms with Gasteiger partial charge in [-0.25, -0.2) is 9.97 Å². The topological polar surface area (TPSA) is 74.6 Å². The van der Waals surface area contributed by atoms with Crippen molar-refractivity contribution in [2.24, 2.45) is 0 Å². The zero-order valence-electron chi connectivity index (χ0n) is 19.5. The van der Waals surface area contributed by atoms with Crippen LogP contribution < -0.4 is 0 Å². The number of fused-ring (bicyclic) bond motifs is 1. The smallest absolute Gasteiger partial charge is 0.282 e. The van der Waals surface area contributed by atoms with Gasteiger partial charge in [-0.05, 0) is 42.8 Å². The summed E-state index contributed by atoms with van der Waals surface area (Å²) in [6, 6.07) is 12.3. The number of nitrogens with zero attached hydrogens (tertiary/aromatic N) is 6. The first-order chi connectivity index (χ1) is 17.1. The molecule has 0 saturated carbocycles. The van der Waals surface area contributed by atoms with Crippen LogP contribution in [0, 0.1) is 6.92 Å². The van der Waals surface area contributed by atoms with E-state index < -0.39 is 0 Å². The van der Waals surface area contributed by atoms with Gasteiger partial charge in [-0.2, -0.15) is 0 Å². The molecule has 2 saturated heterocycles. The fraction of sp³-hybridized carbons (Fsp3) is 0.308. The van der Waals surface area contributed by atoms with Crippen LogP contribution in [0.3, 0.4) is 0 Å². The summed E-state index contributed by atoms with van der Waals surface area (Å²) >= 11 is 1.39. The highest BCUT2D eigenvalue weighted by Gasteiger charge is 2.37. The molecule has 2 aliphatic heterocycles. The SMILES string of the molecule is Cc1ccc(-n2ccc3cc(C(=O)N4CC(N5CCN(C(=O)c6nccs6)CC5)C4)ccc32)nc1. The highest BCUT2D eigenvalue weighted by molar-refractivity contribution is 7.11. The van der Waals surface area contributed by atoms with Crippen molar-refractivity contribution < 1.29 is 9.59 Å². The number of piperazine rings is 1. The second kappa shape index (κ2) is 8.90. The Labute approximate surface area is 207 Å². The first kappa shape index (κ1) is 21.9. The summed E-state index contributed by atoms with van der Waals surface area (Å²) in [5.74, 6) is 0.957. The quantitative estimate of drug-likeness (QED) is 0.443. The van der Waals surface area contributed by atoms with Crippen LogP contribution in [0.25, 0.3) is 16.7 Å². The molecule has 0 radical (unpaired) electrons. The number of hydrogen-bond donors (Lipinski definition) is 0. The summed E-state index contributed by atoms with van der Waals surface area (Å²) in [7, 11) is 0. The minimum absolute atomic E-state index is 0.0208. The van der Waals surface area contributed by atoms with Crippen molar-refractivity contribution in [2.45, 2.75) is 13.0 Å². The van der Waals surface area contributed by atoms with Crippen molar-refractivity contribution in [1.82, 2.24) is 29.2 Å². The van der Waals surface area contributed by atoms with E-state index in [1.807, 2.05) is 75.5 Å². The number of aromatic nitrogens is 3. The lowest BCUT2D eigenvalue weighted by Gasteiger charge is -2.48. The Balaban J connectivity index is 1.06. The van der Waals surface area contributed by atoms with Gasteiger partial charge in [-0.3, -0.25) is 14.5 Å². The van der Waals surface area contributed by atoms with Crippen LogP contribution in [0.4, 0.5) is 0 Å². The van der Waals surface area contributed by atoms with E-state index in [2.05, 4.69) is 14.9 Å². The van der Waals surface area contributed by atoms with E-state index in [1.165, 1.54) is 11.3 Å². The molecule has 2 fully saturated rings. The molecular weight excluding hydrogens is 460 g/mol. The van der Waals surface area contributed by atoms with Gasteiger partial charge in [0.15, 0.2) is 5.01 Å². The van der Waals surface area contributed by atoms with E-state index >= 15 is 0 Å². The molecule has 5 heterocycles. The average Bonchev–Trinajstić information content (AvgIpc) is 3.54. The monoisotopic (exact) mass is 486 g/mol. The van der Waals surface area contributed by atoms with Crippen molar-refractivity contribution in [1.29, 1.82) is 0 Å². The molecule has 9 heteroatoms. The summed E-state index contributed by atoms with van der Waals surface area (Å²) in [6.07, 6.45) is 5.52. The number of pyridine rings is 1. The summed E-state index contributed by atoms with van der Waals surface area (Å²) in [5.41, 5.74) is 2.87. The van der Waals surface area contributed by atoms with Gasteiger partial charge in [-0.15, -0.1) is 11.3 Å². The largest absolute Gasteiger partial charge is 0.335 e. The van der Waals surface area contributed by atoms with E-state index in [-0.39, 0.29) is 11.8 Å². The normalized spacial score (nSPS) is 17.1. The Morgan fingerprint density at radius 3 is 2.49 bits per heavy atom. The summed E-state index contributed by atoms with van der Waals surface area (Å²) in [5, 5.41) is 3.41. The predicted octanol–water partition coefficient (Wildman–Crippen LogP) is 3.07. The number of carbonyl (C=O) groups excluding carboxylic acids is 2. The molecular formula is C26H26N6O2S. The lowest BCUT2D eigenvalue weighted by molar-refractivity contribution is 0.00854. The highest BCUT2D eigenvalue weighted by Crippen LogP contribution is 2.24. The molecule has 2 aliphatic rings. The Bertz CT molecular complexity index is 1370. The molecule has 0 aliphatic carbocycles. The number of carbonyl (C=O) groups is 2. The van der Waals surface area contributed by atoms with Crippen LogP contribution in [-0.2, 0) is 0 Å². The molecule has 0 atom stereocenters. The fourth-order valence-corrected chi connectivity index (χ4v) is 5.47. The molecule has 0 N–H and O–H groups in total. The Hall–Kier alpha value is -3.56. The summed E-state index contributed by atoms with van der Waals surface area (Å²) in [6.45, 7) is 6.54. The van der Waals surface area contributed by atoms with Gasteiger partial charge in [0.1, 0.15) is 5.82 Å². The predicted molar refractivity (Wildman–Crippen MR) is 135 cm³/mol. The molecule has 3 aromatic heterocycles. The number of hydrogen-bond acceptors (Lipinski definition) is 6. The molecule has 0 unspecified atom stereocenters. The van der Waals surface area contributed by atoms with Crippen molar-refractivity contribution in [2.75, 3.05) is 39.3 Å². The van der Waals surface area contributed by atoms with Gasteiger partial charge < -0.3 is 14.4 Å². The van der Waals surface area contributed by atoms with Crippen LogP contribution in [0.1, 0.15) is 25.7 Å². The van der Waals surface area contributed by atoms with E-state index in [9.17, 15) is 9.59 Å². The van der Waals surface area contributed by atoms with Crippen LogP contribution in [0.15, 0.2) is 60.4 Å². The third-order valence-corrected chi connectivity index (χ3v) is 7.72. The van der Waals surface area contributed by atoms with E-state index in [0.29, 0.717) is 29.7 Å². The second-order valence-electron chi connectivity index (χ2n) is 9.18. The van der Waals surface area contributed by atoms with Crippen LogP contribution in [0.2, 0.25) is 0 Å². The molecule has 2 amide bonds. The number of benzene rings is 1. The van der Waals surface area contributed by atoms with Gasteiger partial charge in [-0.1, -0.05) is 6.07 Å². The third-order valence-electron chi connectivity index (χ3n) is 6.96. The van der Waals surface area contributed by atoms with Crippen LogP contribution >= 0.6 is 11.3 Å². The number of aryl methyl sites for hydroxylation is 1. The summed E-state index contributed by atoms with van der Waals surface area (Å²) in [4.78, 5) is 40.5. The second-order valence-corrected chi connectivity index (χ2v) is 10.1. The Morgan fingerprint density at radius 2 is 1.77 bits per heavy atom. The maximum atomic E-state index is 13.1. The fourth-order valence-electron chi connectivity index (χ4n) is 4.87. The summed E-state index contributed by atoms with van der Waals surface area (Å²) < 4.78 is 2.04. The van der Waals surface area contributed by atoms with Crippen molar-refractivity contribution in [3.05, 3.63) is 76.5 Å². The van der Waals surface area contributed by atoms with Crippen molar-refractivity contribution in [3.8, 4) is 5.82 Å². The zero-order valence-corrected chi connectivity index (χ0v) is 20.3. The minimum Gasteiger partial charge on any atom is -0.335 e. The lowest BCUT2D eigenvalue weighted by atomic mass is 10.0. The lowest BCUT2D eigenvalue weighted by Crippen LogP contribution is -2.64. The maximum Gasteiger partial charge on any atom is 0.282 e. The van der Waals surface area contributed by atoms with Gasteiger partial charge in [0.05, 0.1) is 5.52 Å². The third kappa shape index (κ3) is 4.11. The number of rotatable bonds is 4. The molecule has 8 nitrogen and oxygen atoms in total. The first-order valence-electron chi connectivity index (χ1n) is 11.8. The van der Waals surface area contributed by atoms with Gasteiger partial charge in [0.2, 0.25) is 0 Å². The van der Waals surface area contributed by atoms with Crippen molar-refractivity contribution >= 4 is 34.1 Å². The molecule has 4 aromatic rings. The van der Waals surface area contributed by atoms with E-state index in [0.717, 1.165) is 48.5 Å². The number of likely N-dealkylation sites (tertiary alicyclic amines) is 1. The highest BCUT2D eigenvalue weighted by atomic mass is 32.1. The minimum atomic E-state index is 0.0208. The van der Waals surface area contributed by atoms with E-state index in [4.69, 9.17) is 0 Å². The van der Waals surface area contributed by atoms with Crippen molar-refractivity contribution in [3.63, 3.8) is 0 Å². The zero-order chi connectivity index (χ0) is 23.9. The van der Waals surface area contributed by atoms with Crippen LogP contribution in [-0.4, -0.2) is 86.4 Å². The Kier molecular flexibility index (Phi) is 5.58.